The van der Waals surface area contributed by atoms with Gasteiger partial charge in [0, 0.05) is 19.5 Å². The molecule has 0 radical (unpaired) electrons. The van der Waals surface area contributed by atoms with E-state index < -0.39 is 51.9 Å². The lowest BCUT2D eigenvalue weighted by atomic mass is 10.0. The van der Waals surface area contributed by atoms with E-state index in [2.05, 4.69) is 5.32 Å². The highest BCUT2D eigenvalue weighted by Crippen LogP contribution is 2.37. The Kier molecular flexibility index (Phi) is 11.7. The molecule has 248 valence electrons. The lowest BCUT2D eigenvalue weighted by molar-refractivity contribution is -0.140. The molecule has 1 unspecified atom stereocenters. The number of anilines is 1. The maximum absolute atomic E-state index is 14.5. The molecule has 0 heterocycles. The van der Waals surface area contributed by atoms with Gasteiger partial charge in [-0.1, -0.05) is 96.9 Å². The van der Waals surface area contributed by atoms with E-state index in [9.17, 15) is 31.2 Å². The number of aryl methyl sites for hydroxylation is 1. The van der Waals surface area contributed by atoms with Crippen molar-refractivity contribution in [3.8, 4) is 0 Å². The zero-order valence-electron chi connectivity index (χ0n) is 25.9. The molecule has 0 aromatic heterocycles. The fraction of sp³-hybridized carbons (Fsp3) is 0.257. The molecular weight excluding hydrogens is 651 g/mol. The number of benzene rings is 4. The third kappa shape index (κ3) is 9.14. The van der Waals surface area contributed by atoms with Gasteiger partial charge in [-0.05, 0) is 54.8 Å². The Bertz CT molecular complexity index is 1790. The first-order valence-corrected chi connectivity index (χ1v) is 16.7. The molecule has 12 heteroatoms. The Morgan fingerprint density at radius 1 is 0.872 bits per heavy atom. The van der Waals surface area contributed by atoms with E-state index in [1.165, 1.54) is 29.2 Å². The molecule has 4 aromatic rings. The second-order valence-electron chi connectivity index (χ2n) is 11.0. The molecular formula is C35H35ClF3N3O4S. The molecule has 47 heavy (non-hydrogen) atoms. The number of alkyl halides is 3. The first-order chi connectivity index (χ1) is 22.3. The first-order valence-electron chi connectivity index (χ1n) is 14.9. The third-order valence-corrected chi connectivity index (χ3v) is 9.50. The van der Waals surface area contributed by atoms with Crippen LogP contribution in [0.2, 0.25) is 5.02 Å². The molecule has 0 fully saturated rings. The van der Waals surface area contributed by atoms with Crippen LogP contribution in [0.15, 0.2) is 108 Å². The van der Waals surface area contributed by atoms with Crippen molar-refractivity contribution >= 4 is 39.1 Å². The van der Waals surface area contributed by atoms with Crippen LogP contribution in [0.3, 0.4) is 0 Å². The van der Waals surface area contributed by atoms with Gasteiger partial charge in [-0.2, -0.15) is 13.2 Å². The number of hydrogen-bond donors (Lipinski definition) is 1. The lowest BCUT2D eigenvalue weighted by Gasteiger charge is -2.34. The van der Waals surface area contributed by atoms with E-state index in [0.29, 0.717) is 28.9 Å². The maximum Gasteiger partial charge on any atom is 0.416 e. The highest BCUT2D eigenvalue weighted by Gasteiger charge is 2.37. The summed E-state index contributed by atoms with van der Waals surface area (Å²) in [6.45, 7) is 3.08. The van der Waals surface area contributed by atoms with Gasteiger partial charge in [-0.3, -0.25) is 13.9 Å². The molecule has 0 aliphatic heterocycles. The van der Waals surface area contributed by atoms with Gasteiger partial charge in [-0.15, -0.1) is 0 Å². The standard InChI is InChI=1S/C35H35ClF3N3O4S/c1-3-19-40-34(44)32(21-26-12-6-4-7-13-26)41(23-27-14-10-11-25(2)20-27)33(43)24-42(47(45,46)29-15-8-5-9-16-29)31-22-28(35(37,38)39)17-18-30(31)36/h4-18,20,22,32H,3,19,21,23-24H2,1-2H3,(H,40,44). The second-order valence-corrected chi connectivity index (χ2v) is 13.3. The Labute approximate surface area is 278 Å². The SMILES string of the molecule is CCCNC(=O)C(Cc1ccccc1)N(Cc1cccc(C)c1)C(=O)CN(c1cc(C(F)(F)F)ccc1Cl)S(=O)(=O)c1ccccc1. The Morgan fingerprint density at radius 3 is 2.13 bits per heavy atom. The summed E-state index contributed by atoms with van der Waals surface area (Å²) >= 11 is 6.36. The summed E-state index contributed by atoms with van der Waals surface area (Å²) in [5.74, 6) is -1.27. The zero-order chi connectivity index (χ0) is 34.2. The van der Waals surface area contributed by atoms with Crippen molar-refractivity contribution in [2.24, 2.45) is 0 Å². The van der Waals surface area contributed by atoms with Gasteiger partial charge in [0.25, 0.3) is 10.0 Å². The Balaban J connectivity index is 1.86. The smallest absolute Gasteiger partial charge is 0.354 e. The predicted octanol–water partition coefficient (Wildman–Crippen LogP) is 7.03. The van der Waals surface area contributed by atoms with Gasteiger partial charge in [0.1, 0.15) is 12.6 Å². The molecule has 4 aromatic carbocycles. The summed E-state index contributed by atoms with van der Waals surface area (Å²) < 4.78 is 70.2. The summed E-state index contributed by atoms with van der Waals surface area (Å²) in [6.07, 6.45) is -4.09. The topological polar surface area (TPSA) is 86.8 Å². The average Bonchev–Trinajstić information content (AvgIpc) is 3.04. The van der Waals surface area contributed by atoms with Crippen molar-refractivity contribution in [3.05, 3.63) is 130 Å². The molecule has 0 saturated heterocycles. The van der Waals surface area contributed by atoms with Crippen molar-refractivity contribution in [3.63, 3.8) is 0 Å². The summed E-state index contributed by atoms with van der Waals surface area (Å²) in [5, 5.41) is 2.54. The third-order valence-electron chi connectivity index (χ3n) is 7.41. The van der Waals surface area contributed by atoms with E-state index >= 15 is 0 Å². The predicted molar refractivity (Wildman–Crippen MR) is 176 cm³/mol. The zero-order valence-corrected chi connectivity index (χ0v) is 27.4. The fourth-order valence-corrected chi connectivity index (χ4v) is 6.76. The van der Waals surface area contributed by atoms with Gasteiger partial charge in [-0.25, -0.2) is 8.42 Å². The van der Waals surface area contributed by atoms with Crippen LogP contribution in [0.25, 0.3) is 0 Å². The number of carbonyl (C=O) groups excluding carboxylic acids is 2. The first kappa shape index (κ1) is 35.5. The van der Waals surface area contributed by atoms with Crippen LogP contribution in [0.5, 0.6) is 0 Å². The number of amides is 2. The minimum absolute atomic E-state index is 0.0763. The Morgan fingerprint density at radius 2 is 1.51 bits per heavy atom. The number of carbonyl (C=O) groups is 2. The molecule has 0 aliphatic rings. The summed E-state index contributed by atoms with van der Waals surface area (Å²) in [5.41, 5.74) is 0.656. The number of hydrogen-bond acceptors (Lipinski definition) is 4. The fourth-order valence-electron chi connectivity index (χ4n) is 5.04. The molecule has 0 aliphatic carbocycles. The van der Waals surface area contributed by atoms with Crippen molar-refractivity contribution in [1.82, 2.24) is 10.2 Å². The molecule has 1 N–H and O–H groups in total. The van der Waals surface area contributed by atoms with Crippen LogP contribution in [-0.2, 0) is 38.8 Å². The van der Waals surface area contributed by atoms with Crippen LogP contribution in [0, 0.1) is 6.92 Å². The highest BCUT2D eigenvalue weighted by atomic mass is 35.5. The summed E-state index contributed by atoms with van der Waals surface area (Å²) in [4.78, 5) is 29.2. The van der Waals surface area contributed by atoms with E-state index in [1.807, 2.05) is 44.2 Å². The number of nitrogens with zero attached hydrogens (tertiary/aromatic N) is 2. The van der Waals surface area contributed by atoms with Crippen molar-refractivity contribution in [1.29, 1.82) is 0 Å². The number of halogens is 4. The molecule has 0 bridgehead atoms. The Hall–Kier alpha value is -4.35. The van der Waals surface area contributed by atoms with E-state index in [-0.39, 0.29) is 22.9 Å². The average molecular weight is 686 g/mol. The van der Waals surface area contributed by atoms with E-state index in [0.717, 1.165) is 23.3 Å². The maximum atomic E-state index is 14.5. The highest BCUT2D eigenvalue weighted by molar-refractivity contribution is 7.92. The summed E-state index contributed by atoms with van der Waals surface area (Å²) in [7, 11) is -4.63. The number of nitrogens with one attached hydrogen (secondary N) is 1. The van der Waals surface area contributed by atoms with Gasteiger partial charge in [0.05, 0.1) is 21.2 Å². The summed E-state index contributed by atoms with van der Waals surface area (Å²) in [6, 6.07) is 24.6. The molecule has 2 amide bonds. The quantitative estimate of drug-likeness (QED) is 0.164. The largest absolute Gasteiger partial charge is 0.416 e. The normalized spacial score (nSPS) is 12.3. The van der Waals surface area contributed by atoms with Crippen LogP contribution in [0.4, 0.5) is 18.9 Å². The number of sulfonamides is 1. The van der Waals surface area contributed by atoms with Gasteiger partial charge in [0.2, 0.25) is 11.8 Å². The van der Waals surface area contributed by atoms with Crippen LogP contribution >= 0.6 is 11.6 Å². The van der Waals surface area contributed by atoms with Gasteiger partial charge in [0.15, 0.2) is 0 Å². The van der Waals surface area contributed by atoms with Gasteiger partial charge < -0.3 is 10.2 Å². The van der Waals surface area contributed by atoms with Crippen molar-refractivity contribution < 1.29 is 31.2 Å². The second kappa shape index (κ2) is 15.5. The molecule has 0 spiro atoms. The van der Waals surface area contributed by atoms with Crippen LogP contribution in [-0.4, -0.2) is 44.3 Å². The van der Waals surface area contributed by atoms with Crippen molar-refractivity contribution in [2.45, 2.75) is 50.3 Å². The van der Waals surface area contributed by atoms with Crippen LogP contribution < -0.4 is 9.62 Å². The number of rotatable bonds is 13. The van der Waals surface area contributed by atoms with Crippen LogP contribution in [0.1, 0.15) is 35.6 Å². The van der Waals surface area contributed by atoms with Gasteiger partial charge >= 0.3 is 6.18 Å². The minimum atomic E-state index is -4.82. The molecule has 4 rings (SSSR count). The van der Waals surface area contributed by atoms with E-state index in [1.54, 1.807) is 30.3 Å². The molecule has 0 saturated carbocycles. The molecule has 7 nitrogen and oxygen atoms in total. The molecule has 1 atom stereocenters. The lowest BCUT2D eigenvalue weighted by Crippen LogP contribution is -2.53. The monoisotopic (exact) mass is 685 g/mol. The minimum Gasteiger partial charge on any atom is -0.354 e. The van der Waals surface area contributed by atoms with E-state index in [4.69, 9.17) is 11.6 Å². The van der Waals surface area contributed by atoms with Crippen molar-refractivity contribution in [2.75, 3.05) is 17.4 Å².